The highest BCUT2D eigenvalue weighted by molar-refractivity contribution is 7.22. The van der Waals surface area contributed by atoms with Crippen molar-refractivity contribution >= 4 is 45.0 Å². The predicted octanol–water partition coefficient (Wildman–Crippen LogP) is 5.61. The van der Waals surface area contributed by atoms with Crippen molar-refractivity contribution < 1.29 is 19.0 Å². The summed E-state index contributed by atoms with van der Waals surface area (Å²) in [5, 5.41) is 0.605. The molecule has 0 bridgehead atoms. The molecule has 3 aromatic rings. The number of rotatable bonds is 12. The van der Waals surface area contributed by atoms with E-state index in [1.807, 2.05) is 36.4 Å². The maximum Gasteiger partial charge on any atom is 0.266 e. The largest absolute Gasteiger partial charge is 0.495 e. The highest BCUT2D eigenvalue weighted by Crippen LogP contribution is 2.40. The van der Waals surface area contributed by atoms with Crippen LogP contribution >= 0.6 is 23.7 Å². The number of carbonyl (C=O) groups is 1. The summed E-state index contributed by atoms with van der Waals surface area (Å²) in [6.45, 7) is 11.6. The number of hydrogen-bond acceptors (Lipinski definition) is 7. The molecule has 0 atom stereocenters. The standard InChI is InChI=1S/C26H35N3O4S.ClH/c1-7-28(8-2)15-16-29(23(30)17-33-20-11-9-19(10-12-20)18(3)4)26-27-24-21(31-5)13-14-22(32-6)25(24)34-26;/h9-14,18H,7-8,15-17H2,1-6H3;1H. The summed E-state index contributed by atoms with van der Waals surface area (Å²) in [7, 11) is 3.24. The van der Waals surface area contributed by atoms with Crippen molar-refractivity contribution in [1.82, 2.24) is 9.88 Å². The summed E-state index contributed by atoms with van der Waals surface area (Å²) in [5.41, 5.74) is 1.92. The van der Waals surface area contributed by atoms with Crippen molar-refractivity contribution in [3.8, 4) is 17.2 Å². The fourth-order valence-corrected chi connectivity index (χ4v) is 4.79. The van der Waals surface area contributed by atoms with Crippen LogP contribution in [0.5, 0.6) is 17.2 Å². The molecule has 35 heavy (non-hydrogen) atoms. The number of nitrogens with zero attached hydrogens (tertiary/aromatic N) is 3. The van der Waals surface area contributed by atoms with Gasteiger partial charge in [0.25, 0.3) is 5.91 Å². The summed E-state index contributed by atoms with van der Waals surface area (Å²) >= 11 is 1.42. The molecule has 0 aliphatic heterocycles. The highest BCUT2D eigenvalue weighted by atomic mass is 35.5. The van der Waals surface area contributed by atoms with Crippen LogP contribution < -0.4 is 19.1 Å². The molecule has 0 fully saturated rings. The van der Waals surface area contributed by atoms with Gasteiger partial charge >= 0.3 is 0 Å². The third-order valence-corrected chi connectivity index (χ3v) is 6.97. The molecule has 1 aromatic heterocycles. The highest BCUT2D eigenvalue weighted by Gasteiger charge is 2.23. The van der Waals surface area contributed by atoms with Crippen LogP contribution in [0.25, 0.3) is 10.2 Å². The molecule has 0 radical (unpaired) electrons. The van der Waals surface area contributed by atoms with Gasteiger partial charge in [-0.1, -0.05) is 51.2 Å². The van der Waals surface area contributed by atoms with Crippen molar-refractivity contribution in [2.75, 3.05) is 51.9 Å². The van der Waals surface area contributed by atoms with Crippen LogP contribution in [0.3, 0.4) is 0 Å². The second-order valence-electron chi connectivity index (χ2n) is 8.23. The normalized spacial score (nSPS) is 11.0. The van der Waals surface area contributed by atoms with Crippen LogP contribution in [-0.4, -0.2) is 62.8 Å². The number of ether oxygens (including phenoxy) is 3. The van der Waals surface area contributed by atoms with Gasteiger partial charge in [0.1, 0.15) is 27.5 Å². The molecule has 2 aromatic carbocycles. The van der Waals surface area contributed by atoms with Crippen LogP contribution in [0.1, 0.15) is 39.2 Å². The molecule has 0 saturated carbocycles. The minimum atomic E-state index is -0.142. The third-order valence-electron chi connectivity index (χ3n) is 5.87. The molecule has 0 unspecified atom stereocenters. The maximum absolute atomic E-state index is 13.4. The number of anilines is 1. The first kappa shape index (κ1) is 28.7. The van der Waals surface area contributed by atoms with Crippen LogP contribution in [0.4, 0.5) is 5.13 Å². The number of fused-ring (bicyclic) bond motifs is 1. The number of hydrogen-bond donors (Lipinski definition) is 0. The van der Waals surface area contributed by atoms with E-state index in [1.54, 1.807) is 19.1 Å². The van der Waals surface area contributed by atoms with Gasteiger partial charge in [-0.15, -0.1) is 12.4 Å². The van der Waals surface area contributed by atoms with Crippen molar-refractivity contribution in [2.45, 2.75) is 33.6 Å². The second-order valence-corrected chi connectivity index (χ2v) is 9.21. The summed E-state index contributed by atoms with van der Waals surface area (Å²) in [5.74, 6) is 2.33. The van der Waals surface area contributed by atoms with E-state index in [1.165, 1.54) is 16.9 Å². The lowest BCUT2D eigenvalue weighted by Crippen LogP contribution is -2.41. The molecule has 9 heteroatoms. The van der Waals surface area contributed by atoms with Gasteiger partial charge in [-0.3, -0.25) is 9.69 Å². The zero-order valence-corrected chi connectivity index (χ0v) is 23.0. The minimum Gasteiger partial charge on any atom is -0.495 e. The minimum absolute atomic E-state index is 0. The van der Waals surface area contributed by atoms with Crippen LogP contribution in [0.2, 0.25) is 0 Å². The van der Waals surface area contributed by atoms with E-state index in [2.05, 4.69) is 32.6 Å². The van der Waals surface area contributed by atoms with Crippen molar-refractivity contribution in [1.29, 1.82) is 0 Å². The van der Waals surface area contributed by atoms with Gasteiger partial charge in [0.15, 0.2) is 11.7 Å². The first-order valence-corrected chi connectivity index (χ1v) is 12.5. The molecule has 0 aliphatic carbocycles. The molecule has 192 valence electrons. The Morgan fingerprint density at radius 1 is 0.971 bits per heavy atom. The monoisotopic (exact) mass is 521 g/mol. The zero-order valence-electron chi connectivity index (χ0n) is 21.4. The summed E-state index contributed by atoms with van der Waals surface area (Å²) in [4.78, 5) is 22.1. The lowest BCUT2D eigenvalue weighted by atomic mass is 10.0. The van der Waals surface area contributed by atoms with Gasteiger partial charge in [0, 0.05) is 13.1 Å². The Labute approximate surface area is 218 Å². The van der Waals surface area contributed by atoms with Crippen molar-refractivity contribution in [2.24, 2.45) is 0 Å². The van der Waals surface area contributed by atoms with Crippen LogP contribution in [0, 0.1) is 0 Å². The fraction of sp³-hybridized carbons (Fsp3) is 0.462. The number of halogens is 1. The molecule has 7 nitrogen and oxygen atoms in total. The smallest absolute Gasteiger partial charge is 0.266 e. The number of methoxy groups -OCH3 is 2. The molecule has 0 aliphatic rings. The maximum atomic E-state index is 13.4. The van der Waals surface area contributed by atoms with E-state index >= 15 is 0 Å². The summed E-state index contributed by atoms with van der Waals surface area (Å²) in [6.07, 6.45) is 0. The number of thiazole rings is 1. The van der Waals surface area contributed by atoms with Crippen molar-refractivity contribution in [3.63, 3.8) is 0 Å². The quantitative estimate of drug-likeness (QED) is 0.308. The van der Waals surface area contributed by atoms with E-state index in [9.17, 15) is 4.79 Å². The van der Waals surface area contributed by atoms with Gasteiger partial charge < -0.3 is 19.1 Å². The van der Waals surface area contributed by atoms with E-state index in [4.69, 9.17) is 19.2 Å². The van der Waals surface area contributed by atoms with E-state index in [-0.39, 0.29) is 24.9 Å². The topological polar surface area (TPSA) is 64.1 Å². The molecule has 0 saturated heterocycles. The second kappa shape index (κ2) is 13.5. The molecule has 3 rings (SSSR count). The van der Waals surface area contributed by atoms with Gasteiger partial charge in [0.05, 0.1) is 14.2 Å². The Kier molecular flexibility index (Phi) is 11.1. The van der Waals surface area contributed by atoms with E-state index in [0.29, 0.717) is 40.4 Å². The Bertz CT molecular complexity index is 1040. The lowest BCUT2D eigenvalue weighted by Gasteiger charge is -2.24. The number of benzene rings is 2. The molecular formula is C26H36ClN3O4S. The van der Waals surface area contributed by atoms with Crippen molar-refractivity contribution in [3.05, 3.63) is 42.0 Å². The number of aromatic nitrogens is 1. The molecule has 1 heterocycles. The molecule has 0 N–H and O–H groups in total. The van der Waals surface area contributed by atoms with E-state index in [0.717, 1.165) is 24.3 Å². The van der Waals surface area contributed by atoms with E-state index < -0.39 is 0 Å². The fourth-order valence-electron chi connectivity index (χ4n) is 3.67. The number of likely N-dealkylation sites (N-methyl/N-ethyl adjacent to an activating group) is 1. The Balaban J connectivity index is 0.00000432. The first-order chi connectivity index (χ1) is 16.4. The summed E-state index contributed by atoms with van der Waals surface area (Å²) in [6, 6.07) is 11.6. The van der Waals surface area contributed by atoms with Crippen LogP contribution in [-0.2, 0) is 4.79 Å². The Morgan fingerprint density at radius 3 is 2.17 bits per heavy atom. The van der Waals surface area contributed by atoms with Gasteiger partial charge in [-0.05, 0) is 48.8 Å². The number of amides is 1. The lowest BCUT2D eigenvalue weighted by molar-refractivity contribution is -0.120. The SMILES string of the molecule is CCN(CC)CCN(C(=O)COc1ccc(C(C)C)cc1)c1nc2c(OC)ccc(OC)c2s1.Cl. The molecular weight excluding hydrogens is 486 g/mol. The first-order valence-electron chi connectivity index (χ1n) is 11.7. The average Bonchev–Trinajstić information content (AvgIpc) is 3.30. The zero-order chi connectivity index (χ0) is 24.7. The average molecular weight is 522 g/mol. The van der Waals surface area contributed by atoms with Gasteiger partial charge in [-0.2, -0.15) is 0 Å². The van der Waals surface area contributed by atoms with Gasteiger partial charge in [0.2, 0.25) is 0 Å². The predicted molar refractivity (Wildman–Crippen MR) is 146 cm³/mol. The molecule has 1 amide bonds. The number of carbonyl (C=O) groups excluding carboxylic acids is 1. The Morgan fingerprint density at radius 2 is 1.60 bits per heavy atom. The molecule has 0 spiro atoms. The van der Waals surface area contributed by atoms with Crippen LogP contribution in [0.15, 0.2) is 36.4 Å². The summed E-state index contributed by atoms with van der Waals surface area (Å²) < 4.78 is 17.7. The third kappa shape index (κ3) is 6.99. The van der Waals surface area contributed by atoms with Gasteiger partial charge in [-0.25, -0.2) is 4.98 Å². The Hall–Kier alpha value is -2.55.